The summed E-state index contributed by atoms with van der Waals surface area (Å²) in [7, 11) is 0. The molecule has 1 heterocycles. The van der Waals surface area contributed by atoms with E-state index in [-0.39, 0.29) is 11.5 Å². The standard InChI is InChI=1S/C14H22N2O2/c1-4-6-8-11-9-10(3)13(14(18)15-11)16-12(17)7-5-2/h9H,4-8H2,1-3H3,(H,15,18)(H,16,17). The third-order valence-corrected chi connectivity index (χ3v) is 2.83. The van der Waals surface area contributed by atoms with E-state index in [1.54, 1.807) is 0 Å². The summed E-state index contributed by atoms with van der Waals surface area (Å²) >= 11 is 0. The average Bonchev–Trinajstić information content (AvgIpc) is 2.31. The molecule has 1 aromatic rings. The summed E-state index contributed by atoms with van der Waals surface area (Å²) in [4.78, 5) is 26.2. The molecule has 0 saturated heterocycles. The van der Waals surface area contributed by atoms with Crippen molar-refractivity contribution in [2.24, 2.45) is 0 Å². The highest BCUT2D eigenvalue weighted by atomic mass is 16.2. The predicted molar refractivity (Wildman–Crippen MR) is 73.9 cm³/mol. The first kappa shape index (κ1) is 14.5. The Morgan fingerprint density at radius 3 is 2.61 bits per heavy atom. The van der Waals surface area contributed by atoms with Crippen molar-refractivity contribution in [3.8, 4) is 0 Å². The van der Waals surface area contributed by atoms with Gasteiger partial charge in [0, 0.05) is 12.1 Å². The van der Waals surface area contributed by atoms with Gasteiger partial charge in [-0.15, -0.1) is 0 Å². The van der Waals surface area contributed by atoms with Crippen LogP contribution in [-0.4, -0.2) is 10.9 Å². The first-order chi connectivity index (χ1) is 8.58. The monoisotopic (exact) mass is 250 g/mol. The zero-order chi connectivity index (χ0) is 13.5. The van der Waals surface area contributed by atoms with Crippen molar-refractivity contribution in [2.45, 2.75) is 52.9 Å². The van der Waals surface area contributed by atoms with Crippen molar-refractivity contribution in [3.63, 3.8) is 0 Å². The van der Waals surface area contributed by atoms with E-state index in [0.29, 0.717) is 12.1 Å². The summed E-state index contributed by atoms with van der Waals surface area (Å²) in [5.74, 6) is -0.104. The van der Waals surface area contributed by atoms with E-state index >= 15 is 0 Å². The Morgan fingerprint density at radius 2 is 2.06 bits per heavy atom. The Balaban J connectivity index is 2.87. The highest BCUT2D eigenvalue weighted by Crippen LogP contribution is 2.11. The highest BCUT2D eigenvalue weighted by Gasteiger charge is 2.09. The molecule has 0 unspecified atom stereocenters. The number of amides is 1. The first-order valence-corrected chi connectivity index (χ1v) is 6.61. The second-order valence-corrected chi connectivity index (χ2v) is 4.58. The summed E-state index contributed by atoms with van der Waals surface area (Å²) in [6, 6.07) is 1.94. The third kappa shape index (κ3) is 4.02. The lowest BCUT2D eigenvalue weighted by molar-refractivity contribution is -0.116. The van der Waals surface area contributed by atoms with Crippen LogP contribution in [0.4, 0.5) is 5.69 Å². The maximum atomic E-state index is 11.9. The van der Waals surface area contributed by atoms with Gasteiger partial charge in [-0.1, -0.05) is 20.3 Å². The Bertz CT molecular complexity index is 463. The number of pyridine rings is 1. The summed E-state index contributed by atoms with van der Waals surface area (Å²) in [5.41, 5.74) is 1.95. The molecule has 100 valence electrons. The van der Waals surface area contributed by atoms with Gasteiger partial charge in [0.05, 0.1) is 0 Å². The van der Waals surface area contributed by atoms with Gasteiger partial charge >= 0.3 is 0 Å². The first-order valence-electron chi connectivity index (χ1n) is 6.61. The number of anilines is 1. The number of aryl methyl sites for hydroxylation is 2. The van der Waals surface area contributed by atoms with Crippen LogP contribution in [0.15, 0.2) is 10.9 Å². The number of hydrogen-bond donors (Lipinski definition) is 2. The van der Waals surface area contributed by atoms with Crippen LogP contribution >= 0.6 is 0 Å². The van der Waals surface area contributed by atoms with Crippen LogP contribution < -0.4 is 10.9 Å². The van der Waals surface area contributed by atoms with Crippen molar-refractivity contribution in [1.82, 2.24) is 4.98 Å². The van der Waals surface area contributed by atoms with Crippen LogP contribution in [-0.2, 0) is 11.2 Å². The number of nitrogens with one attached hydrogen (secondary N) is 2. The molecule has 1 rings (SSSR count). The molecule has 0 bridgehead atoms. The van der Waals surface area contributed by atoms with Gasteiger partial charge in [0.1, 0.15) is 5.69 Å². The van der Waals surface area contributed by atoms with E-state index in [9.17, 15) is 9.59 Å². The molecule has 2 N–H and O–H groups in total. The van der Waals surface area contributed by atoms with Gasteiger partial charge in [-0.25, -0.2) is 0 Å². The fourth-order valence-electron chi connectivity index (χ4n) is 1.84. The second-order valence-electron chi connectivity index (χ2n) is 4.58. The molecular weight excluding hydrogens is 228 g/mol. The molecule has 0 radical (unpaired) electrons. The number of hydrogen-bond acceptors (Lipinski definition) is 2. The number of carbonyl (C=O) groups excluding carboxylic acids is 1. The van der Waals surface area contributed by atoms with Crippen LogP contribution in [0.3, 0.4) is 0 Å². The Labute approximate surface area is 108 Å². The minimum atomic E-state index is -0.203. The van der Waals surface area contributed by atoms with Gasteiger partial charge in [-0.3, -0.25) is 9.59 Å². The van der Waals surface area contributed by atoms with Gasteiger partial charge in [0.15, 0.2) is 0 Å². The minimum absolute atomic E-state index is 0.104. The van der Waals surface area contributed by atoms with E-state index in [4.69, 9.17) is 0 Å². The zero-order valence-corrected chi connectivity index (χ0v) is 11.4. The second kappa shape index (κ2) is 6.99. The fourth-order valence-corrected chi connectivity index (χ4v) is 1.84. The molecule has 0 fully saturated rings. The molecule has 0 aromatic carbocycles. The summed E-state index contributed by atoms with van der Waals surface area (Å²) < 4.78 is 0. The maximum absolute atomic E-state index is 11.9. The van der Waals surface area contributed by atoms with E-state index in [2.05, 4.69) is 17.2 Å². The van der Waals surface area contributed by atoms with Gasteiger partial charge in [0.2, 0.25) is 5.91 Å². The van der Waals surface area contributed by atoms with Crippen LogP contribution in [0, 0.1) is 6.92 Å². The number of unbranched alkanes of at least 4 members (excludes halogenated alkanes) is 1. The van der Waals surface area contributed by atoms with Crippen LogP contribution in [0.5, 0.6) is 0 Å². The van der Waals surface area contributed by atoms with Gasteiger partial charge < -0.3 is 10.3 Å². The SMILES string of the molecule is CCCCc1cc(C)c(NC(=O)CCC)c(=O)[nH]1. The highest BCUT2D eigenvalue weighted by molar-refractivity contribution is 5.91. The molecule has 18 heavy (non-hydrogen) atoms. The quantitative estimate of drug-likeness (QED) is 0.815. The lowest BCUT2D eigenvalue weighted by atomic mass is 10.1. The lowest BCUT2D eigenvalue weighted by Gasteiger charge is -2.09. The molecule has 0 aliphatic carbocycles. The molecule has 1 aromatic heterocycles. The zero-order valence-electron chi connectivity index (χ0n) is 11.4. The molecule has 0 spiro atoms. The molecule has 0 aliphatic rings. The summed E-state index contributed by atoms with van der Waals surface area (Å²) in [5, 5.41) is 2.68. The molecule has 0 atom stereocenters. The molecule has 1 amide bonds. The predicted octanol–water partition coefficient (Wildman–Crippen LogP) is 2.76. The number of carbonyl (C=O) groups is 1. The average molecular weight is 250 g/mol. The van der Waals surface area contributed by atoms with Crippen molar-refractivity contribution in [3.05, 3.63) is 27.7 Å². The Hall–Kier alpha value is -1.58. The lowest BCUT2D eigenvalue weighted by Crippen LogP contribution is -2.21. The molecular formula is C14H22N2O2. The largest absolute Gasteiger partial charge is 0.324 e. The number of rotatable bonds is 6. The van der Waals surface area contributed by atoms with Crippen molar-refractivity contribution < 1.29 is 4.79 Å². The number of H-pyrrole nitrogens is 1. The topological polar surface area (TPSA) is 62.0 Å². The molecule has 0 saturated carbocycles. The van der Waals surface area contributed by atoms with Gasteiger partial charge in [-0.2, -0.15) is 0 Å². The van der Waals surface area contributed by atoms with E-state index in [1.165, 1.54) is 0 Å². The number of aromatic nitrogens is 1. The van der Waals surface area contributed by atoms with Gasteiger partial charge in [0.25, 0.3) is 5.56 Å². The van der Waals surface area contributed by atoms with Crippen LogP contribution in [0.1, 0.15) is 50.8 Å². The fraction of sp³-hybridized carbons (Fsp3) is 0.571. The van der Waals surface area contributed by atoms with Gasteiger partial charge in [-0.05, 0) is 37.8 Å². The molecule has 4 heteroatoms. The Kier molecular flexibility index (Phi) is 5.62. The molecule has 4 nitrogen and oxygen atoms in total. The smallest absolute Gasteiger partial charge is 0.272 e. The van der Waals surface area contributed by atoms with Crippen LogP contribution in [0.25, 0.3) is 0 Å². The normalized spacial score (nSPS) is 10.4. The van der Waals surface area contributed by atoms with Crippen molar-refractivity contribution >= 4 is 11.6 Å². The summed E-state index contributed by atoms with van der Waals surface area (Å²) in [6.45, 7) is 5.90. The van der Waals surface area contributed by atoms with E-state index in [0.717, 1.165) is 36.9 Å². The van der Waals surface area contributed by atoms with E-state index in [1.807, 2.05) is 19.9 Å². The van der Waals surface area contributed by atoms with Crippen LogP contribution in [0.2, 0.25) is 0 Å². The maximum Gasteiger partial charge on any atom is 0.272 e. The van der Waals surface area contributed by atoms with E-state index < -0.39 is 0 Å². The Morgan fingerprint density at radius 1 is 1.33 bits per heavy atom. The number of aromatic amines is 1. The van der Waals surface area contributed by atoms with Crippen molar-refractivity contribution in [1.29, 1.82) is 0 Å². The van der Waals surface area contributed by atoms with Crippen molar-refractivity contribution in [2.75, 3.05) is 5.32 Å². The minimum Gasteiger partial charge on any atom is -0.324 e. The molecule has 0 aliphatic heterocycles. The third-order valence-electron chi connectivity index (χ3n) is 2.83. The summed E-state index contributed by atoms with van der Waals surface area (Å²) in [6.07, 6.45) is 4.23.